The zero-order chi connectivity index (χ0) is 90.5. The Hall–Kier alpha value is 2.48. The summed E-state index contributed by atoms with van der Waals surface area (Å²) >= 11 is 0. The number of hydrogen-bond donors (Lipinski definition) is 0. The second-order valence-electron chi connectivity index (χ2n) is 42.4. The van der Waals surface area contributed by atoms with Gasteiger partial charge in [0, 0.05) is 0 Å². The fourth-order valence-corrected chi connectivity index (χ4v) is 128. The number of rotatable bonds is 90. The molecule has 0 rings (SSSR count). The van der Waals surface area contributed by atoms with Gasteiger partial charge in [-0.3, -0.25) is 0 Å². The molecule has 0 aromatic rings. The number of hydrogen-bond acceptors (Lipinski definition) is 0. The van der Waals surface area contributed by atoms with Crippen LogP contribution < -0.4 is 0 Å². The average Bonchev–Trinajstić information content (AvgIpc) is 0.743. The average molecular weight is 1880 g/mol. The van der Waals surface area contributed by atoms with Crippen molar-refractivity contribution in [3.63, 3.8) is 0 Å². The summed E-state index contributed by atoms with van der Waals surface area (Å²) in [7, 11) is -13.7. The summed E-state index contributed by atoms with van der Waals surface area (Å²) in [5.41, 5.74) is 0. The normalized spacial score (nSPS) is 12.9. The van der Waals surface area contributed by atoms with Crippen molar-refractivity contribution in [2.45, 2.75) is 697 Å². The van der Waals surface area contributed by atoms with Crippen molar-refractivity contribution in [3.8, 4) is 0 Å². The third-order valence-corrected chi connectivity index (χ3v) is 106. The molecule has 0 aliphatic heterocycles. The minimum Gasteiger partial charge on any atom is -0.309 e. The van der Waals surface area contributed by atoms with E-state index in [2.05, 4.69) is 201 Å². The van der Waals surface area contributed by atoms with E-state index in [1.165, 1.54) is 347 Å². The summed E-state index contributed by atoms with van der Waals surface area (Å²) in [6.07, 6.45) is 79.6. The minimum absolute atomic E-state index is 0. The molecule has 0 nitrogen and oxygen atoms in total. The van der Waals surface area contributed by atoms with Gasteiger partial charge < -0.3 is 14.4 Å². The minimum atomic E-state index is -1.52. The summed E-state index contributed by atoms with van der Waals surface area (Å²) < 4.78 is 0. The van der Waals surface area contributed by atoms with Crippen LogP contribution in [0.5, 0.6) is 0 Å². The van der Waals surface area contributed by atoms with Gasteiger partial charge in [0.15, 0.2) is 0 Å². The van der Waals surface area contributed by atoms with Crippen molar-refractivity contribution in [1.82, 2.24) is 0 Å². The van der Waals surface area contributed by atoms with Gasteiger partial charge in [0.1, 0.15) is 0 Å². The van der Waals surface area contributed by atoms with E-state index in [1.54, 1.807) is 163 Å². The summed E-state index contributed by atoms with van der Waals surface area (Å²) in [4.78, 5) is 7.90. The van der Waals surface area contributed by atoms with Gasteiger partial charge >= 0.3 is 17.4 Å². The van der Waals surface area contributed by atoms with E-state index in [1.807, 2.05) is 0 Å². The Morgan fingerprint density at radius 3 is 0.165 bits per heavy atom. The molecular formula is C111H243CrSi9+3. The summed E-state index contributed by atoms with van der Waals surface area (Å²) in [5.74, 6) is 0. The smallest absolute Gasteiger partial charge is 0.309 e. The molecule has 0 radical (unpaired) electrons. The van der Waals surface area contributed by atoms with Gasteiger partial charge in [0.05, 0.1) is 0 Å². The molecule has 121 heavy (non-hydrogen) atoms. The Labute approximate surface area is 794 Å². The molecule has 0 aliphatic carbocycles. The molecule has 0 bridgehead atoms. The van der Waals surface area contributed by atoms with Crippen molar-refractivity contribution in [2.75, 3.05) is 0 Å². The first-order valence-corrected chi connectivity index (χ1v) is 81.5. The molecule has 0 aromatic heterocycles. The molecule has 0 heterocycles. The van der Waals surface area contributed by atoms with Crippen LogP contribution in [-0.2, 0) is 17.4 Å². The summed E-state index contributed by atoms with van der Waals surface area (Å²) in [5, 5.41) is 0. The first-order valence-electron chi connectivity index (χ1n) is 57.9. The van der Waals surface area contributed by atoms with Crippen molar-refractivity contribution >= 4 is 72.7 Å². The second kappa shape index (κ2) is 84.2. The van der Waals surface area contributed by atoms with Gasteiger partial charge in [-0.1, -0.05) is 770 Å². The largest absolute Gasteiger partial charge is 6.00 e. The Morgan fingerprint density at radius 2 is 0.132 bits per heavy atom. The first kappa shape index (κ1) is 130. The van der Waals surface area contributed by atoms with Crippen LogP contribution in [0.15, 0.2) is 0 Å². The number of unbranched alkanes of at least 4 members (excludes halogenated alkanes) is 27. The molecule has 0 spiro atoms. The predicted molar refractivity (Wildman–Crippen MR) is 594 cm³/mol. The van der Waals surface area contributed by atoms with Gasteiger partial charge in [-0.15, -0.1) is 0 Å². The van der Waals surface area contributed by atoms with E-state index in [9.17, 15) is 0 Å². The Morgan fingerprint density at radius 1 is 0.0909 bits per heavy atom. The van der Waals surface area contributed by atoms with E-state index in [0.29, 0.717) is 0 Å². The van der Waals surface area contributed by atoms with E-state index in [0.717, 1.165) is 0 Å². The molecule has 0 amide bonds. The van der Waals surface area contributed by atoms with Crippen LogP contribution in [0.3, 0.4) is 0 Å². The predicted octanol–water partition coefficient (Wildman–Crippen LogP) is 44.2. The monoisotopic (exact) mass is 1880 g/mol. The fourth-order valence-electron chi connectivity index (χ4n) is 25.7. The Bertz CT molecular complexity index is 1450. The molecule has 0 fully saturated rings. The quantitative estimate of drug-likeness (QED) is 0.0421. The van der Waals surface area contributed by atoms with Crippen LogP contribution in [0.1, 0.15) is 534 Å². The molecular weight excluding hydrogens is 1640 g/mol. The van der Waals surface area contributed by atoms with E-state index in [4.69, 9.17) is 0 Å². The van der Waals surface area contributed by atoms with E-state index in [-0.39, 0.29) is 17.4 Å². The SMILES string of the molecule is CCCC[Si](CCCC)(CCCC)[C-]([Si](CCCC)(CCCC)CCCC)[Si](CCCC)(CCCC)CCCC.CCCC[Si](CCCC)(CCCC)[C-]([Si](CCCC)(CCCC)CCCC)[Si](CCCC)(CCCC)CCCC.CCCC[Si](CCCC)(CCCC)[C-]([Si](CCCC)(CCCC)CCCC)[Si](CCCC)(CCCC)CCCC.[Cr+6]. The first-order chi connectivity index (χ1) is 58.2. The second-order valence-corrected chi connectivity index (χ2v) is 88.0. The van der Waals surface area contributed by atoms with Crippen LogP contribution in [-0.4, -0.2) is 72.7 Å². The van der Waals surface area contributed by atoms with Gasteiger partial charge in [-0.2, -0.15) is 0 Å². The molecule has 10 heteroatoms. The van der Waals surface area contributed by atoms with Crippen LogP contribution in [0, 0.1) is 14.4 Å². The molecule has 0 saturated carbocycles. The fraction of sp³-hybridized carbons (Fsp3) is 0.973. The molecule has 0 saturated heterocycles. The molecule has 0 aliphatic rings. The summed E-state index contributed by atoms with van der Waals surface area (Å²) in [6.45, 7) is 67.6. The maximum Gasteiger partial charge on any atom is 6.00 e. The van der Waals surface area contributed by atoms with Gasteiger partial charge in [-0.25, -0.2) is 0 Å². The van der Waals surface area contributed by atoms with Crippen LogP contribution in [0.4, 0.5) is 0 Å². The van der Waals surface area contributed by atoms with E-state index < -0.39 is 72.7 Å². The van der Waals surface area contributed by atoms with Crippen molar-refractivity contribution in [3.05, 3.63) is 14.4 Å². The van der Waals surface area contributed by atoms with Gasteiger partial charge in [-0.05, 0) is 0 Å². The van der Waals surface area contributed by atoms with Gasteiger partial charge in [0.2, 0.25) is 0 Å². The Kier molecular flexibility index (Phi) is 90.3. The third-order valence-electron chi connectivity index (χ3n) is 32.0. The topological polar surface area (TPSA) is 0 Å². The van der Waals surface area contributed by atoms with E-state index >= 15 is 0 Å². The van der Waals surface area contributed by atoms with Crippen LogP contribution in [0.25, 0.3) is 0 Å². The van der Waals surface area contributed by atoms with Crippen molar-refractivity contribution in [1.29, 1.82) is 0 Å². The van der Waals surface area contributed by atoms with Crippen molar-refractivity contribution < 1.29 is 17.4 Å². The maximum atomic E-state index is 2.63. The molecule has 0 atom stereocenters. The zero-order valence-corrected chi connectivity index (χ0v) is 101. The zero-order valence-electron chi connectivity index (χ0n) is 90.7. The third kappa shape index (κ3) is 48.5. The van der Waals surface area contributed by atoms with Crippen molar-refractivity contribution in [2.24, 2.45) is 0 Å². The molecule has 0 N–H and O–H groups in total. The standard InChI is InChI=1S/3C37H81Si3.Cr/c3*1-10-19-28-38(29-20-11-2,30-21-12-3)37(39(31-22-13-4,32-23-14-5)33-24-15-6)40(34-25-16-7,35-26-17-8)36-27-18-9;/h3*10-36H2,1-9H3;/q3*-1;+6. The molecule has 726 valence electrons. The van der Waals surface area contributed by atoms with Crippen LogP contribution in [0.2, 0.25) is 163 Å². The van der Waals surface area contributed by atoms with Gasteiger partial charge in [0.25, 0.3) is 0 Å². The molecule has 0 aromatic carbocycles. The summed E-state index contributed by atoms with van der Waals surface area (Å²) in [6, 6.07) is 45.3. The maximum absolute atomic E-state index is 2.63. The van der Waals surface area contributed by atoms with Crippen LogP contribution >= 0.6 is 0 Å². The molecule has 0 unspecified atom stereocenters. The Balaban J connectivity index is -0.000000845.